The predicted octanol–water partition coefficient (Wildman–Crippen LogP) is 1.86. The van der Waals surface area contributed by atoms with Gasteiger partial charge in [0.15, 0.2) is 0 Å². The zero-order valence-corrected chi connectivity index (χ0v) is 13.0. The Morgan fingerprint density at radius 2 is 1.90 bits per heavy atom. The maximum absolute atomic E-state index is 11.9. The second-order valence-electron chi connectivity index (χ2n) is 5.04. The van der Waals surface area contributed by atoms with Crippen LogP contribution in [0.3, 0.4) is 0 Å². The van der Waals surface area contributed by atoms with Gasteiger partial charge >= 0.3 is 5.97 Å². The second-order valence-corrected chi connectivity index (χ2v) is 6.81. The van der Waals surface area contributed by atoms with Gasteiger partial charge in [-0.1, -0.05) is 13.8 Å². The molecule has 0 atom stereocenters. The van der Waals surface area contributed by atoms with Gasteiger partial charge in [0.25, 0.3) is 0 Å². The van der Waals surface area contributed by atoms with Gasteiger partial charge < -0.3 is 9.84 Å². The van der Waals surface area contributed by atoms with Crippen LogP contribution in [0.1, 0.15) is 26.7 Å². The quantitative estimate of drug-likeness (QED) is 0.725. The maximum atomic E-state index is 11.9. The average Bonchev–Trinajstić information content (AvgIpc) is 2.38. The molecule has 21 heavy (non-hydrogen) atoms. The van der Waals surface area contributed by atoms with Gasteiger partial charge in [-0.15, -0.1) is 0 Å². The molecule has 0 saturated carbocycles. The molecule has 0 aromatic heterocycles. The van der Waals surface area contributed by atoms with E-state index in [9.17, 15) is 13.2 Å². The number of sulfonamides is 1. The van der Waals surface area contributed by atoms with E-state index in [1.807, 2.05) is 0 Å². The third kappa shape index (κ3) is 6.59. The molecule has 0 saturated heterocycles. The highest BCUT2D eigenvalue weighted by Crippen LogP contribution is 2.16. The monoisotopic (exact) mass is 315 g/mol. The first-order chi connectivity index (χ1) is 9.81. The van der Waals surface area contributed by atoms with Crippen LogP contribution in [0.15, 0.2) is 29.2 Å². The molecule has 0 aliphatic carbocycles. The van der Waals surface area contributed by atoms with Crippen LogP contribution in [0.4, 0.5) is 0 Å². The van der Waals surface area contributed by atoms with Crippen LogP contribution in [-0.4, -0.2) is 32.6 Å². The first kappa shape index (κ1) is 17.5. The van der Waals surface area contributed by atoms with Crippen LogP contribution in [0.2, 0.25) is 0 Å². The number of hydrogen-bond acceptors (Lipinski definition) is 4. The van der Waals surface area contributed by atoms with Gasteiger partial charge in [0.1, 0.15) is 5.75 Å². The molecule has 2 N–H and O–H groups in total. The third-order valence-corrected chi connectivity index (χ3v) is 4.21. The summed E-state index contributed by atoms with van der Waals surface area (Å²) in [6, 6.07) is 6.06. The molecular formula is C14H21NO5S. The lowest BCUT2D eigenvalue weighted by Crippen LogP contribution is -2.26. The molecule has 0 amide bonds. The topological polar surface area (TPSA) is 92.7 Å². The Bertz CT molecular complexity index is 551. The number of benzene rings is 1. The summed E-state index contributed by atoms with van der Waals surface area (Å²) in [4.78, 5) is 10.5. The van der Waals surface area contributed by atoms with E-state index in [1.54, 1.807) is 12.1 Å². The van der Waals surface area contributed by atoms with Crippen molar-refractivity contribution in [3.8, 4) is 5.75 Å². The number of carboxylic acid groups (broad SMARTS) is 1. The van der Waals surface area contributed by atoms with Crippen molar-refractivity contribution in [2.24, 2.45) is 5.92 Å². The molecule has 0 radical (unpaired) electrons. The SMILES string of the molecule is CC(C)CCOc1ccc(S(=O)(=O)NCCC(=O)O)cc1. The summed E-state index contributed by atoms with van der Waals surface area (Å²) in [5, 5.41) is 8.49. The Labute approximate surface area is 125 Å². The standard InChI is InChI=1S/C14H21NO5S/c1-11(2)8-10-20-12-3-5-13(6-4-12)21(18,19)15-9-7-14(16)17/h3-6,11,15H,7-10H2,1-2H3,(H,16,17). The molecule has 1 aromatic rings. The van der Waals surface area contributed by atoms with E-state index < -0.39 is 16.0 Å². The minimum atomic E-state index is -3.68. The van der Waals surface area contributed by atoms with Gasteiger partial charge in [0.2, 0.25) is 10.0 Å². The summed E-state index contributed by atoms with van der Waals surface area (Å²) in [5.41, 5.74) is 0. The Morgan fingerprint density at radius 3 is 2.43 bits per heavy atom. The van der Waals surface area contributed by atoms with Crippen LogP contribution in [-0.2, 0) is 14.8 Å². The van der Waals surface area contributed by atoms with Gasteiger partial charge in [-0.05, 0) is 36.6 Å². The third-order valence-electron chi connectivity index (χ3n) is 2.73. The van der Waals surface area contributed by atoms with Gasteiger partial charge in [-0.2, -0.15) is 0 Å². The fourth-order valence-electron chi connectivity index (χ4n) is 1.50. The van der Waals surface area contributed by atoms with Crippen molar-refractivity contribution in [1.82, 2.24) is 4.72 Å². The summed E-state index contributed by atoms with van der Waals surface area (Å²) in [6.45, 7) is 4.65. The molecule has 7 heteroatoms. The summed E-state index contributed by atoms with van der Waals surface area (Å²) in [7, 11) is -3.68. The molecule has 118 valence electrons. The Balaban J connectivity index is 2.57. The van der Waals surface area contributed by atoms with Gasteiger partial charge in [0.05, 0.1) is 17.9 Å². The lowest BCUT2D eigenvalue weighted by molar-refractivity contribution is -0.136. The fourth-order valence-corrected chi connectivity index (χ4v) is 2.54. The van der Waals surface area contributed by atoms with E-state index in [0.29, 0.717) is 18.3 Å². The smallest absolute Gasteiger partial charge is 0.304 e. The summed E-state index contributed by atoms with van der Waals surface area (Å²) >= 11 is 0. The summed E-state index contributed by atoms with van der Waals surface area (Å²) < 4.78 is 31.5. The van der Waals surface area contributed by atoms with E-state index in [2.05, 4.69) is 18.6 Å². The molecule has 0 bridgehead atoms. The number of hydrogen-bond donors (Lipinski definition) is 2. The molecule has 0 unspecified atom stereocenters. The van der Waals surface area contributed by atoms with Crippen molar-refractivity contribution in [2.45, 2.75) is 31.6 Å². The van der Waals surface area contributed by atoms with Crippen molar-refractivity contribution >= 4 is 16.0 Å². The average molecular weight is 315 g/mol. The number of rotatable bonds is 9. The number of carbonyl (C=O) groups is 1. The Hall–Kier alpha value is -1.60. The highest BCUT2D eigenvalue weighted by atomic mass is 32.2. The Kier molecular flexibility index (Phi) is 6.64. The summed E-state index contributed by atoms with van der Waals surface area (Å²) in [6.07, 6.45) is 0.673. The van der Waals surface area contributed by atoms with Crippen LogP contribution < -0.4 is 9.46 Å². The fraction of sp³-hybridized carbons (Fsp3) is 0.500. The van der Waals surface area contributed by atoms with E-state index in [1.165, 1.54) is 12.1 Å². The number of aliphatic carboxylic acids is 1. The lowest BCUT2D eigenvalue weighted by Gasteiger charge is -2.09. The van der Waals surface area contributed by atoms with Crippen LogP contribution in [0.25, 0.3) is 0 Å². The first-order valence-electron chi connectivity index (χ1n) is 6.75. The highest BCUT2D eigenvalue weighted by molar-refractivity contribution is 7.89. The molecule has 0 heterocycles. The molecule has 6 nitrogen and oxygen atoms in total. The van der Waals surface area contributed by atoms with Crippen molar-refractivity contribution in [3.05, 3.63) is 24.3 Å². The lowest BCUT2D eigenvalue weighted by atomic mass is 10.1. The van der Waals surface area contributed by atoms with Crippen molar-refractivity contribution in [1.29, 1.82) is 0 Å². The molecule has 0 fully saturated rings. The van der Waals surface area contributed by atoms with E-state index >= 15 is 0 Å². The van der Waals surface area contributed by atoms with Crippen molar-refractivity contribution in [3.63, 3.8) is 0 Å². The van der Waals surface area contributed by atoms with Crippen LogP contribution >= 0.6 is 0 Å². The molecule has 0 spiro atoms. The van der Waals surface area contributed by atoms with Crippen LogP contribution in [0, 0.1) is 5.92 Å². The van der Waals surface area contributed by atoms with Gasteiger partial charge in [0, 0.05) is 6.54 Å². The minimum absolute atomic E-state index is 0.0871. The van der Waals surface area contributed by atoms with Gasteiger partial charge in [-0.25, -0.2) is 13.1 Å². The van der Waals surface area contributed by atoms with Crippen molar-refractivity contribution < 1.29 is 23.1 Å². The Morgan fingerprint density at radius 1 is 1.29 bits per heavy atom. The largest absolute Gasteiger partial charge is 0.494 e. The highest BCUT2D eigenvalue weighted by Gasteiger charge is 2.14. The van der Waals surface area contributed by atoms with E-state index in [0.717, 1.165) is 6.42 Å². The van der Waals surface area contributed by atoms with Gasteiger partial charge in [-0.3, -0.25) is 4.79 Å². The number of carboxylic acids is 1. The maximum Gasteiger partial charge on any atom is 0.304 e. The zero-order valence-electron chi connectivity index (χ0n) is 12.2. The molecular weight excluding hydrogens is 294 g/mol. The molecule has 0 aliphatic rings. The van der Waals surface area contributed by atoms with Crippen molar-refractivity contribution in [2.75, 3.05) is 13.2 Å². The minimum Gasteiger partial charge on any atom is -0.494 e. The van der Waals surface area contributed by atoms with E-state index in [-0.39, 0.29) is 17.9 Å². The first-order valence-corrected chi connectivity index (χ1v) is 8.24. The van der Waals surface area contributed by atoms with E-state index in [4.69, 9.17) is 9.84 Å². The molecule has 1 aromatic carbocycles. The summed E-state index contributed by atoms with van der Waals surface area (Å²) in [5.74, 6) is 0.106. The number of nitrogens with one attached hydrogen (secondary N) is 1. The number of ether oxygens (including phenoxy) is 1. The molecule has 0 aliphatic heterocycles. The zero-order chi connectivity index (χ0) is 15.9. The normalized spacial score (nSPS) is 11.6. The molecule has 1 rings (SSSR count). The van der Waals surface area contributed by atoms with Crippen LogP contribution in [0.5, 0.6) is 5.75 Å². The second kappa shape index (κ2) is 7.99. The predicted molar refractivity (Wildman–Crippen MR) is 78.8 cm³/mol.